The zero-order chi connectivity index (χ0) is 13.1. The first-order chi connectivity index (χ1) is 7.29. The third-order valence-corrected chi connectivity index (χ3v) is 1.13. The Labute approximate surface area is 91.7 Å². The van der Waals surface area contributed by atoms with E-state index >= 15 is 0 Å². The number of carboxylic acid groups (broad SMARTS) is 3. The van der Waals surface area contributed by atoms with Gasteiger partial charge >= 0.3 is 11.9 Å². The summed E-state index contributed by atoms with van der Waals surface area (Å²) in [5.41, 5.74) is 0. The number of aliphatic hydroxyl groups excluding tert-OH is 1. The molecule has 16 heavy (non-hydrogen) atoms. The van der Waals surface area contributed by atoms with Gasteiger partial charge in [-0.2, -0.15) is 0 Å². The highest BCUT2D eigenvalue weighted by Crippen LogP contribution is 1.86. The molecule has 0 aliphatic heterocycles. The average molecular weight is 237 g/mol. The number of carbonyl (C=O) groups is 3. The third kappa shape index (κ3) is 18.2. The van der Waals surface area contributed by atoms with E-state index in [1.54, 1.807) is 0 Å². The van der Waals surface area contributed by atoms with E-state index in [1.807, 2.05) is 0 Å². The van der Waals surface area contributed by atoms with Gasteiger partial charge < -0.3 is 20.4 Å². The van der Waals surface area contributed by atoms with Crippen molar-refractivity contribution in [2.75, 3.05) is 26.2 Å². The highest BCUT2D eigenvalue weighted by atomic mass is 16.4. The molecule has 0 bridgehead atoms. The molecule has 0 radical (unpaired) electrons. The highest BCUT2D eigenvalue weighted by molar-refractivity contribution is 5.72. The molecule has 0 saturated carbocycles. The number of carboxylic acids is 3. The molecule has 0 aliphatic carbocycles. The van der Waals surface area contributed by atoms with Crippen LogP contribution in [-0.2, 0) is 14.4 Å². The number of hydrogen-bond donors (Lipinski definition) is 4. The van der Waals surface area contributed by atoms with Crippen LogP contribution >= 0.6 is 0 Å². The molecule has 0 spiro atoms. The van der Waals surface area contributed by atoms with Gasteiger partial charge in [0.2, 0.25) is 0 Å². The molecule has 0 unspecified atom stereocenters. The second-order valence-corrected chi connectivity index (χ2v) is 2.74. The van der Waals surface area contributed by atoms with Crippen molar-refractivity contribution in [2.45, 2.75) is 6.92 Å². The van der Waals surface area contributed by atoms with Gasteiger partial charge in [-0.1, -0.05) is 0 Å². The maximum atomic E-state index is 10.1. The lowest BCUT2D eigenvalue weighted by molar-refractivity contribution is -0.142. The van der Waals surface area contributed by atoms with Crippen LogP contribution in [0.15, 0.2) is 0 Å². The highest BCUT2D eigenvalue weighted by Gasteiger charge is 2.11. The van der Waals surface area contributed by atoms with E-state index in [1.165, 1.54) is 0 Å². The standard InChI is InChI=1S/C6H11NO5.C2H4O2/c8-2-1-7(3-5(9)10)4-6(11)12;1-2(3)4/h8H,1-4H2,(H,9,10)(H,11,12);1H3,(H,3,4). The van der Waals surface area contributed by atoms with E-state index in [4.69, 9.17) is 25.2 Å². The number of rotatable bonds is 6. The summed E-state index contributed by atoms with van der Waals surface area (Å²) in [7, 11) is 0. The number of nitrogens with zero attached hydrogens (tertiary/aromatic N) is 1. The quantitative estimate of drug-likeness (QED) is 0.440. The topological polar surface area (TPSA) is 135 Å². The van der Waals surface area contributed by atoms with Gasteiger partial charge in [-0.25, -0.2) is 0 Å². The van der Waals surface area contributed by atoms with Crippen LogP contribution in [0, 0.1) is 0 Å². The van der Waals surface area contributed by atoms with Gasteiger partial charge in [0.1, 0.15) is 0 Å². The van der Waals surface area contributed by atoms with Gasteiger partial charge in [0.25, 0.3) is 5.97 Å². The molecule has 8 nitrogen and oxygen atoms in total. The number of aliphatic hydroxyl groups is 1. The van der Waals surface area contributed by atoms with Gasteiger partial charge in [-0.05, 0) is 0 Å². The minimum Gasteiger partial charge on any atom is -0.481 e. The zero-order valence-corrected chi connectivity index (χ0v) is 8.79. The van der Waals surface area contributed by atoms with Gasteiger partial charge in [-0.15, -0.1) is 0 Å². The van der Waals surface area contributed by atoms with Crippen molar-refractivity contribution in [2.24, 2.45) is 0 Å². The summed E-state index contributed by atoms with van der Waals surface area (Å²) in [5, 5.41) is 32.5. The Morgan fingerprint density at radius 3 is 1.50 bits per heavy atom. The first-order valence-electron chi connectivity index (χ1n) is 4.26. The Kier molecular flexibility index (Phi) is 10.3. The molecule has 0 atom stereocenters. The second kappa shape index (κ2) is 9.87. The molecule has 0 heterocycles. The van der Waals surface area contributed by atoms with E-state index in [-0.39, 0.29) is 26.2 Å². The van der Waals surface area contributed by atoms with Crippen LogP contribution in [0.4, 0.5) is 0 Å². The van der Waals surface area contributed by atoms with Crippen molar-refractivity contribution in [1.82, 2.24) is 4.90 Å². The van der Waals surface area contributed by atoms with Crippen LogP contribution in [0.25, 0.3) is 0 Å². The molecule has 0 saturated heterocycles. The van der Waals surface area contributed by atoms with Crippen molar-refractivity contribution in [1.29, 1.82) is 0 Å². The SMILES string of the molecule is CC(=O)O.O=C(O)CN(CCO)CC(=O)O. The molecule has 0 rings (SSSR count). The molecule has 0 aromatic heterocycles. The van der Waals surface area contributed by atoms with Crippen molar-refractivity contribution < 1.29 is 34.8 Å². The Bertz CT molecular complexity index is 221. The van der Waals surface area contributed by atoms with E-state index in [0.717, 1.165) is 11.8 Å². The maximum Gasteiger partial charge on any atom is 0.317 e. The largest absolute Gasteiger partial charge is 0.481 e. The molecule has 0 amide bonds. The first kappa shape index (κ1) is 16.7. The van der Waals surface area contributed by atoms with Crippen LogP contribution in [0.3, 0.4) is 0 Å². The fourth-order valence-electron chi connectivity index (χ4n) is 0.738. The molecular weight excluding hydrogens is 222 g/mol. The van der Waals surface area contributed by atoms with Crippen molar-refractivity contribution in [3.8, 4) is 0 Å². The van der Waals surface area contributed by atoms with E-state index in [2.05, 4.69) is 0 Å². The van der Waals surface area contributed by atoms with Gasteiger partial charge in [-0.3, -0.25) is 19.3 Å². The van der Waals surface area contributed by atoms with Crippen LogP contribution in [0.1, 0.15) is 6.92 Å². The monoisotopic (exact) mass is 237 g/mol. The maximum absolute atomic E-state index is 10.1. The Morgan fingerprint density at radius 2 is 1.31 bits per heavy atom. The van der Waals surface area contributed by atoms with Crippen LogP contribution in [0.5, 0.6) is 0 Å². The van der Waals surface area contributed by atoms with Crippen LogP contribution in [-0.4, -0.2) is 69.5 Å². The van der Waals surface area contributed by atoms with Gasteiger partial charge in [0, 0.05) is 13.5 Å². The van der Waals surface area contributed by atoms with E-state index < -0.39 is 17.9 Å². The summed E-state index contributed by atoms with van der Waals surface area (Å²) in [4.78, 5) is 30.4. The predicted molar refractivity (Wildman–Crippen MR) is 52.1 cm³/mol. The van der Waals surface area contributed by atoms with Gasteiger partial charge in [0.15, 0.2) is 0 Å². The first-order valence-corrected chi connectivity index (χ1v) is 4.26. The molecule has 0 fully saturated rings. The Morgan fingerprint density at radius 1 is 1.00 bits per heavy atom. The lowest BCUT2D eigenvalue weighted by Crippen LogP contribution is -2.36. The minimum atomic E-state index is -1.11. The second-order valence-electron chi connectivity index (χ2n) is 2.74. The minimum absolute atomic E-state index is 0.0542. The molecule has 0 aliphatic rings. The van der Waals surface area contributed by atoms with Crippen molar-refractivity contribution in [3.63, 3.8) is 0 Å². The lowest BCUT2D eigenvalue weighted by atomic mass is 10.4. The van der Waals surface area contributed by atoms with Crippen molar-refractivity contribution in [3.05, 3.63) is 0 Å². The normalized spacial score (nSPS) is 9.19. The summed E-state index contributed by atoms with van der Waals surface area (Å²) in [5.74, 6) is -3.05. The number of aliphatic carboxylic acids is 3. The Balaban J connectivity index is 0. The molecule has 0 aromatic rings. The summed E-state index contributed by atoms with van der Waals surface area (Å²) in [6, 6.07) is 0. The van der Waals surface area contributed by atoms with Crippen molar-refractivity contribution >= 4 is 17.9 Å². The molecule has 4 N–H and O–H groups in total. The number of hydrogen-bond acceptors (Lipinski definition) is 5. The van der Waals surface area contributed by atoms with Crippen LogP contribution in [0.2, 0.25) is 0 Å². The fourth-order valence-corrected chi connectivity index (χ4v) is 0.738. The summed E-state index contributed by atoms with van der Waals surface area (Å²) in [6.45, 7) is 0.152. The smallest absolute Gasteiger partial charge is 0.317 e. The summed E-state index contributed by atoms with van der Waals surface area (Å²) >= 11 is 0. The zero-order valence-electron chi connectivity index (χ0n) is 8.79. The average Bonchev–Trinajstić information content (AvgIpc) is 1.99. The van der Waals surface area contributed by atoms with Crippen LogP contribution < -0.4 is 0 Å². The third-order valence-electron chi connectivity index (χ3n) is 1.13. The van der Waals surface area contributed by atoms with E-state index in [9.17, 15) is 9.59 Å². The molecular formula is C8H15NO7. The molecule has 8 heteroatoms. The molecule has 0 aromatic carbocycles. The Hall–Kier alpha value is -1.67. The summed E-state index contributed by atoms with van der Waals surface area (Å²) < 4.78 is 0. The predicted octanol–water partition coefficient (Wildman–Crippen LogP) is -1.46. The summed E-state index contributed by atoms with van der Waals surface area (Å²) in [6.07, 6.45) is 0. The fraction of sp³-hybridized carbons (Fsp3) is 0.625. The lowest BCUT2D eigenvalue weighted by Gasteiger charge is -2.15. The molecule has 94 valence electrons. The van der Waals surface area contributed by atoms with E-state index in [0.29, 0.717) is 0 Å². The van der Waals surface area contributed by atoms with Gasteiger partial charge in [0.05, 0.1) is 19.7 Å².